The molecule has 1 aromatic rings. The maximum atomic E-state index is 4.49. The summed E-state index contributed by atoms with van der Waals surface area (Å²) < 4.78 is 0. The third kappa shape index (κ3) is 1.10. The lowest BCUT2D eigenvalue weighted by molar-refractivity contribution is 0.388. The van der Waals surface area contributed by atoms with Crippen LogP contribution in [0.4, 0.5) is 0 Å². The second-order valence-corrected chi connectivity index (χ2v) is 4.83. The number of nitrogens with zero attached hydrogens (tertiary/aromatic N) is 1. The molecule has 1 spiro atoms. The van der Waals surface area contributed by atoms with Gasteiger partial charge in [-0.15, -0.1) is 0 Å². The van der Waals surface area contributed by atoms with Gasteiger partial charge in [0.15, 0.2) is 0 Å². The Bertz CT molecular complexity index is 339. The van der Waals surface area contributed by atoms with Crippen LogP contribution >= 0.6 is 0 Å². The van der Waals surface area contributed by atoms with Gasteiger partial charge in [-0.1, -0.05) is 13.0 Å². The second kappa shape index (κ2) is 2.34. The van der Waals surface area contributed by atoms with Gasteiger partial charge in [0.1, 0.15) is 0 Å². The Morgan fingerprint density at radius 3 is 3.08 bits per heavy atom. The van der Waals surface area contributed by atoms with Crippen molar-refractivity contribution < 1.29 is 0 Å². The molecule has 13 heavy (non-hydrogen) atoms. The molecule has 0 amide bonds. The minimum atomic E-state index is 0.687. The standard InChI is InChI=1S/C12H15N/c1-9-7-12(4-5-12)8-10-3-2-6-13-11(9)10/h2-3,6,9H,4-5,7-8H2,1H3/t9-/m0/s1. The van der Waals surface area contributed by atoms with Crippen molar-refractivity contribution in [2.24, 2.45) is 5.41 Å². The lowest BCUT2D eigenvalue weighted by Gasteiger charge is -2.28. The molecule has 1 saturated carbocycles. The average molecular weight is 173 g/mol. The zero-order valence-electron chi connectivity index (χ0n) is 8.09. The van der Waals surface area contributed by atoms with Crippen molar-refractivity contribution in [1.82, 2.24) is 4.98 Å². The van der Waals surface area contributed by atoms with Gasteiger partial charge in [0.2, 0.25) is 0 Å². The number of hydrogen-bond donors (Lipinski definition) is 0. The molecule has 1 heteroatoms. The van der Waals surface area contributed by atoms with Gasteiger partial charge in [-0.25, -0.2) is 0 Å². The molecule has 2 aliphatic carbocycles. The minimum absolute atomic E-state index is 0.687. The highest BCUT2D eigenvalue weighted by atomic mass is 14.7. The van der Waals surface area contributed by atoms with Crippen molar-refractivity contribution >= 4 is 0 Å². The van der Waals surface area contributed by atoms with Crippen LogP contribution in [0.15, 0.2) is 18.3 Å². The summed E-state index contributed by atoms with van der Waals surface area (Å²) >= 11 is 0. The number of rotatable bonds is 0. The molecule has 1 fully saturated rings. The fraction of sp³-hybridized carbons (Fsp3) is 0.583. The van der Waals surface area contributed by atoms with Gasteiger partial charge in [0, 0.05) is 11.9 Å². The number of aromatic nitrogens is 1. The van der Waals surface area contributed by atoms with E-state index in [0.717, 1.165) is 0 Å². The van der Waals surface area contributed by atoms with E-state index in [0.29, 0.717) is 11.3 Å². The van der Waals surface area contributed by atoms with Crippen molar-refractivity contribution in [2.45, 2.75) is 38.5 Å². The van der Waals surface area contributed by atoms with Crippen LogP contribution < -0.4 is 0 Å². The highest BCUT2D eigenvalue weighted by molar-refractivity contribution is 5.29. The first kappa shape index (κ1) is 7.54. The molecular weight excluding hydrogens is 158 g/mol. The largest absolute Gasteiger partial charge is 0.261 e. The zero-order chi connectivity index (χ0) is 8.89. The van der Waals surface area contributed by atoms with Crippen LogP contribution in [-0.2, 0) is 6.42 Å². The van der Waals surface area contributed by atoms with Crippen molar-refractivity contribution in [1.29, 1.82) is 0 Å². The van der Waals surface area contributed by atoms with Gasteiger partial charge < -0.3 is 0 Å². The fourth-order valence-electron chi connectivity index (χ4n) is 2.82. The molecule has 3 rings (SSSR count). The summed E-state index contributed by atoms with van der Waals surface area (Å²) in [6.45, 7) is 2.32. The lowest BCUT2D eigenvalue weighted by atomic mass is 9.78. The zero-order valence-corrected chi connectivity index (χ0v) is 8.09. The minimum Gasteiger partial charge on any atom is -0.261 e. The van der Waals surface area contributed by atoms with E-state index in [1.54, 1.807) is 0 Å². The van der Waals surface area contributed by atoms with Crippen molar-refractivity contribution in [3.8, 4) is 0 Å². The quantitative estimate of drug-likeness (QED) is 0.588. The van der Waals surface area contributed by atoms with E-state index in [1.165, 1.54) is 36.9 Å². The summed E-state index contributed by atoms with van der Waals surface area (Å²) in [7, 11) is 0. The molecule has 1 aromatic heterocycles. The SMILES string of the molecule is C[C@H]1CC2(CC2)Cc2cccnc21. The van der Waals surface area contributed by atoms with E-state index >= 15 is 0 Å². The van der Waals surface area contributed by atoms with Gasteiger partial charge >= 0.3 is 0 Å². The van der Waals surface area contributed by atoms with Crippen LogP contribution in [0.5, 0.6) is 0 Å². The summed E-state index contributed by atoms with van der Waals surface area (Å²) in [5.74, 6) is 0.687. The Morgan fingerprint density at radius 2 is 2.31 bits per heavy atom. The van der Waals surface area contributed by atoms with Gasteiger partial charge in [-0.2, -0.15) is 0 Å². The molecule has 1 nitrogen and oxygen atoms in total. The summed E-state index contributed by atoms with van der Waals surface area (Å²) in [6.07, 6.45) is 7.50. The van der Waals surface area contributed by atoms with Gasteiger partial charge in [0.05, 0.1) is 0 Å². The smallest absolute Gasteiger partial charge is 0.0464 e. The van der Waals surface area contributed by atoms with E-state index in [2.05, 4.69) is 24.0 Å². The molecule has 0 radical (unpaired) electrons. The van der Waals surface area contributed by atoms with E-state index in [1.807, 2.05) is 6.20 Å². The summed E-state index contributed by atoms with van der Waals surface area (Å²) in [6, 6.07) is 4.34. The van der Waals surface area contributed by atoms with Crippen LogP contribution in [-0.4, -0.2) is 4.98 Å². The van der Waals surface area contributed by atoms with Crippen LogP contribution in [0, 0.1) is 5.41 Å². The van der Waals surface area contributed by atoms with Crippen LogP contribution in [0.25, 0.3) is 0 Å². The Labute approximate surface area is 79.2 Å². The van der Waals surface area contributed by atoms with E-state index in [9.17, 15) is 0 Å². The molecule has 68 valence electrons. The Balaban J connectivity index is 2.05. The molecule has 0 aliphatic heterocycles. The third-order valence-corrected chi connectivity index (χ3v) is 3.65. The summed E-state index contributed by atoms with van der Waals surface area (Å²) in [5.41, 5.74) is 3.58. The van der Waals surface area contributed by atoms with Crippen LogP contribution in [0.2, 0.25) is 0 Å². The maximum Gasteiger partial charge on any atom is 0.0464 e. The molecular formula is C12H15N. The molecule has 1 heterocycles. The highest BCUT2D eigenvalue weighted by Crippen LogP contribution is 2.57. The number of fused-ring (bicyclic) bond motifs is 1. The predicted molar refractivity (Wildman–Crippen MR) is 52.6 cm³/mol. The Kier molecular flexibility index (Phi) is 1.36. The lowest BCUT2D eigenvalue weighted by Crippen LogP contribution is -2.19. The average Bonchev–Trinajstić information content (AvgIpc) is 2.85. The van der Waals surface area contributed by atoms with Crippen molar-refractivity contribution in [3.63, 3.8) is 0 Å². The number of hydrogen-bond acceptors (Lipinski definition) is 1. The molecule has 0 bridgehead atoms. The van der Waals surface area contributed by atoms with Gasteiger partial charge in [-0.05, 0) is 48.6 Å². The topological polar surface area (TPSA) is 12.9 Å². The van der Waals surface area contributed by atoms with E-state index < -0.39 is 0 Å². The number of pyridine rings is 1. The Hall–Kier alpha value is -0.850. The second-order valence-electron chi connectivity index (χ2n) is 4.83. The first-order valence-electron chi connectivity index (χ1n) is 5.23. The highest BCUT2D eigenvalue weighted by Gasteiger charge is 2.46. The summed E-state index contributed by atoms with van der Waals surface area (Å²) in [5, 5.41) is 0. The van der Waals surface area contributed by atoms with Gasteiger partial charge in [0.25, 0.3) is 0 Å². The predicted octanol–water partition coefficient (Wildman–Crippen LogP) is 2.91. The molecule has 0 saturated heterocycles. The normalized spacial score (nSPS) is 28.5. The Morgan fingerprint density at radius 1 is 1.46 bits per heavy atom. The van der Waals surface area contributed by atoms with Gasteiger partial charge in [-0.3, -0.25) is 4.98 Å². The molecule has 0 unspecified atom stereocenters. The van der Waals surface area contributed by atoms with E-state index in [-0.39, 0.29) is 0 Å². The third-order valence-electron chi connectivity index (χ3n) is 3.65. The van der Waals surface area contributed by atoms with Crippen LogP contribution in [0.1, 0.15) is 43.4 Å². The maximum absolute atomic E-state index is 4.49. The monoisotopic (exact) mass is 173 g/mol. The molecule has 2 aliphatic rings. The molecule has 0 aromatic carbocycles. The molecule has 1 atom stereocenters. The van der Waals surface area contributed by atoms with Crippen LogP contribution in [0.3, 0.4) is 0 Å². The van der Waals surface area contributed by atoms with Crippen molar-refractivity contribution in [2.75, 3.05) is 0 Å². The first-order chi connectivity index (χ1) is 6.29. The fourth-order valence-corrected chi connectivity index (χ4v) is 2.82. The first-order valence-corrected chi connectivity index (χ1v) is 5.23. The van der Waals surface area contributed by atoms with E-state index in [4.69, 9.17) is 0 Å². The van der Waals surface area contributed by atoms with Crippen molar-refractivity contribution in [3.05, 3.63) is 29.6 Å². The summed E-state index contributed by atoms with van der Waals surface area (Å²) in [4.78, 5) is 4.49. The molecule has 0 N–H and O–H groups in total.